The van der Waals surface area contributed by atoms with Crippen molar-refractivity contribution in [3.63, 3.8) is 0 Å². The summed E-state index contributed by atoms with van der Waals surface area (Å²) in [6, 6.07) is 9.31. The Labute approximate surface area is 171 Å². The van der Waals surface area contributed by atoms with Crippen LogP contribution in [0.4, 0.5) is 0 Å². The van der Waals surface area contributed by atoms with E-state index in [1.807, 2.05) is 43.5 Å². The van der Waals surface area contributed by atoms with Crippen LogP contribution in [0.3, 0.4) is 0 Å². The summed E-state index contributed by atoms with van der Waals surface area (Å²) in [5.74, 6) is -0.251. The van der Waals surface area contributed by atoms with E-state index in [-0.39, 0.29) is 18.3 Å². The first-order chi connectivity index (χ1) is 14.2. The van der Waals surface area contributed by atoms with Gasteiger partial charge in [0.2, 0.25) is 0 Å². The Kier molecular flexibility index (Phi) is 8.60. The summed E-state index contributed by atoms with van der Waals surface area (Å²) in [6.07, 6.45) is 5.77. The zero-order valence-corrected chi connectivity index (χ0v) is 17.0. The molecule has 29 heavy (non-hydrogen) atoms. The SMILES string of the molecule is CC(NCCCn1cc(COC2CCCCO2)nn1)C(=O)OCc1ccccc1. The highest BCUT2D eigenvalue weighted by Gasteiger charge is 2.15. The number of ether oxygens (including phenoxy) is 3. The minimum absolute atomic E-state index is 0.124. The van der Waals surface area contributed by atoms with Crippen molar-refractivity contribution in [3.8, 4) is 0 Å². The van der Waals surface area contributed by atoms with Crippen molar-refractivity contribution >= 4 is 5.97 Å². The second-order valence-corrected chi connectivity index (χ2v) is 7.20. The van der Waals surface area contributed by atoms with Crippen molar-refractivity contribution in [2.45, 2.75) is 64.7 Å². The second kappa shape index (κ2) is 11.6. The number of aromatic nitrogens is 3. The summed E-state index contributed by atoms with van der Waals surface area (Å²) in [5, 5.41) is 11.4. The number of hydrogen-bond acceptors (Lipinski definition) is 7. The van der Waals surface area contributed by atoms with Gasteiger partial charge in [-0.3, -0.25) is 9.48 Å². The summed E-state index contributed by atoms with van der Waals surface area (Å²) in [7, 11) is 0. The van der Waals surface area contributed by atoms with Crippen molar-refractivity contribution in [1.82, 2.24) is 20.3 Å². The van der Waals surface area contributed by atoms with Gasteiger partial charge in [-0.15, -0.1) is 5.10 Å². The maximum Gasteiger partial charge on any atom is 0.323 e. The Hall–Kier alpha value is -2.29. The summed E-state index contributed by atoms with van der Waals surface area (Å²) in [6.45, 7) is 4.68. The Balaban J connectivity index is 1.27. The van der Waals surface area contributed by atoms with Gasteiger partial charge in [-0.05, 0) is 44.7 Å². The lowest BCUT2D eigenvalue weighted by molar-refractivity contribution is -0.169. The fourth-order valence-electron chi connectivity index (χ4n) is 3.03. The number of nitrogens with zero attached hydrogens (tertiary/aromatic N) is 3. The van der Waals surface area contributed by atoms with Crippen LogP contribution < -0.4 is 5.32 Å². The third kappa shape index (κ3) is 7.56. The average Bonchev–Trinajstić information content (AvgIpc) is 3.22. The lowest BCUT2D eigenvalue weighted by Crippen LogP contribution is -2.36. The maximum absolute atomic E-state index is 12.0. The fourth-order valence-corrected chi connectivity index (χ4v) is 3.03. The molecule has 0 aliphatic carbocycles. The molecule has 0 radical (unpaired) electrons. The maximum atomic E-state index is 12.0. The Morgan fingerprint density at radius 1 is 1.31 bits per heavy atom. The first kappa shape index (κ1) is 21.4. The largest absolute Gasteiger partial charge is 0.460 e. The second-order valence-electron chi connectivity index (χ2n) is 7.20. The van der Waals surface area contributed by atoms with Crippen LogP contribution in [0.25, 0.3) is 0 Å². The molecule has 1 aromatic heterocycles. The number of esters is 1. The number of aryl methyl sites for hydroxylation is 1. The molecule has 0 spiro atoms. The molecule has 2 heterocycles. The van der Waals surface area contributed by atoms with Crippen LogP contribution in [0.15, 0.2) is 36.5 Å². The lowest BCUT2D eigenvalue weighted by atomic mass is 10.2. The van der Waals surface area contributed by atoms with Crippen molar-refractivity contribution in [2.24, 2.45) is 0 Å². The molecule has 1 aromatic carbocycles. The molecule has 1 fully saturated rings. The van der Waals surface area contributed by atoms with Crippen LogP contribution in [0, 0.1) is 0 Å². The summed E-state index contributed by atoms with van der Waals surface area (Å²) in [5.41, 5.74) is 1.78. The molecular weight excluding hydrogens is 372 g/mol. The number of carbonyl (C=O) groups is 1. The highest BCUT2D eigenvalue weighted by molar-refractivity contribution is 5.75. The van der Waals surface area contributed by atoms with Gasteiger partial charge in [-0.1, -0.05) is 35.5 Å². The summed E-state index contributed by atoms with van der Waals surface area (Å²) in [4.78, 5) is 12.0. The molecule has 8 heteroatoms. The molecule has 0 amide bonds. The molecule has 1 aliphatic rings. The molecule has 158 valence electrons. The number of hydrogen-bond donors (Lipinski definition) is 1. The van der Waals surface area contributed by atoms with E-state index in [4.69, 9.17) is 14.2 Å². The molecule has 1 aliphatic heterocycles. The Morgan fingerprint density at radius 2 is 2.17 bits per heavy atom. The van der Waals surface area contributed by atoms with E-state index in [2.05, 4.69) is 15.6 Å². The predicted molar refractivity (Wildman–Crippen MR) is 107 cm³/mol. The van der Waals surface area contributed by atoms with Gasteiger partial charge in [0.15, 0.2) is 6.29 Å². The molecule has 2 unspecified atom stereocenters. The van der Waals surface area contributed by atoms with Crippen LogP contribution in [-0.4, -0.2) is 46.4 Å². The quantitative estimate of drug-likeness (QED) is 0.456. The lowest BCUT2D eigenvalue weighted by Gasteiger charge is -2.22. The molecule has 2 aromatic rings. The number of nitrogens with one attached hydrogen (secondary N) is 1. The molecule has 1 N–H and O–H groups in total. The molecule has 3 rings (SSSR count). The van der Waals surface area contributed by atoms with E-state index in [0.717, 1.165) is 43.5 Å². The van der Waals surface area contributed by atoms with Gasteiger partial charge in [-0.25, -0.2) is 0 Å². The highest BCUT2D eigenvalue weighted by atomic mass is 16.7. The van der Waals surface area contributed by atoms with Crippen LogP contribution in [-0.2, 0) is 38.8 Å². The zero-order valence-electron chi connectivity index (χ0n) is 17.0. The van der Waals surface area contributed by atoms with Gasteiger partial charge in [0.05, 0.1) is 12.8 Å². The van der Waals surface area contributed by atoms with Crippen LogP contribution in [0.2, 0.25) is 0 Å². The van der Waals surface area contributed by atoms with Crippen molar-refractivity contribution in [2.75, 3.05) is 13.2 Å². The number of benzene rings is 1. The first-order valence-electron chi connectivity index (χ1n) is 10.3. The van der Waals surface area contributed by atoms with Crippen molar-refractivity contribution < 1.29 is 19.0 Å². The predicted octanol–water partition coefficient (Wildman–Crippen LogP) is 2.43. The number of carbonyl (C=O) groups excluding carboxylic acids is 1. The van der Waals surface area contributed by atoms with Crippen LogP contribution in [0.5, 0.6) is 0 Å². The monoisotopic (exact) mass is 402 g/mol. The molecule has 8 nitrogen and oxygen atoms in total. The summed E-state index contributed by atoms with van der Waals surface area (Å²) >= 11 is 0. The van der Waals surface area contributed by atoms with E-state index in [0.29, 0.717) is 26.3 Å². The van der Waals surface area contributed by atoms with Crippen molar-refractivity contribution in [3.05, 3.63) is 47.8 Å². The van der Waals surface area contributed by atoms with E-state index < -0.39 is 0 Å². The Bertz CT molecular complexity index is 731. The zero-order chi connectivity index (χ0) is 20.3. The number of rotatable bonds is 11. The minimum Gasteiger partial charge on any atom is -0.460 e. The molecule has 1 saturated heterocycles. The Morgan fingerprint density at radius 3 is 2.97 bits per heavy atom. The topological polar surface area (TPSA) is 87.5 Å². The van der Waals surface area contributed by atoms with Gasteiger partial charge in [0, 0.05) is 13.2 Å². The normalized spacial score (nSPS) is 17.8. The third-order valence-corrected chi connectivity index (χ3v) is 4.73. The van der Waals surface area contributed by atoms with Gasteiger partial charge in [0.25, 0.3) is 0 Å². The minimum atomic E-state index is -0.353. The van der Waals surface area contributed by atoms with Crippen molar-refractivity contribution in [1.29, 1.82) is 0 Å². The van der Waals surface area contributed by atoms with E-state index in [9.17, 15) is 4.79 Å². The average molecular weight is 402 g/mol. The molecule has 0 saturated carbocycles. The standard InChI is InChI=1S/C21H30N4O4/c1-17(21(26)29-15-18-8-3-2-4-9-18)22-11-7-12-25-14-19(23-24-25)16-28-20-10-5-6-13-27-20/h2-4,8-9,14,17,20,22H,5-7,10-13,15-16H2,1H3. The molecule has 2 atom stereocenters. The van der Waals surface area contributed by atoms with Gasteiger partial charge in [0.1, 0.15) is 18.3 Å². The van der Waals surface area contributed by atoms with Gasteiger partial charge < -0.3 is 19.5 Å². The van der Waals surface area contributed by atoms with E-state index >= 15 is 0 Å². The molecule has 0 bridgehead atoms. The van der Waals surface area contributed by atoms with E-state index in [1.54, 1.807) is 4.68 Å². The van der Waals surface area contributed by atoms with E-state index in [1.165, 1.54) is 0 Å². The first-order valence-corrected chi connectivity index (χ1v) is 10.3. The van der Waals surface area contributed by atoms with Gasteiger partial charge in [-0.2, -0.15) is 0 Å². The summed E-state index contributed by atoms with van der Waals surface area (Å²) < 4.78 is 18.4. The fraction of sp³-hybridized carbons (Fsp3) is 0.571. The smallest absolute Gasteiger partial charge is 0.323 e. The van der Waals surface area contributed by atoms with Gasteiger partial charge >= 0.3 is 5.97 Å². The highest BCUT2D eigenvalue weighted by Crippen LogP contribution is 2.14. The third-order valence-electron chi connectivity index (χ3n) is 4.73. The molecular formula is C21H30N4O4. The van der Waals surface area contributed by atoms with Crippen LogP contribution in [0.1, 0.15) is 43.9 Å². The van der Waals surface area contributed by atoms with Crippen LogP contribution >= 0.6 is 0 Å².